The number of carbonyl (C=O) groups is 1. The van der Waals surface area contributed by atoms with Crippen molar-refractivity contribution in [1.29, 1.82) is 0 Å². The Bertz CT molecular complexity index is 1080. The lowest BCUT2D eigenvalue weighted by Crippen LogP contribution is -2.36. The average molecular weight is 452 g/mol. The van der Waals surface area contributed by atoms with E-state index in [1.807, 2.05) is 0 Å². The number of alkyl halides is 3. The third-order valence-corrected chi connectivity index (χ3v) is 6.00. The van der Waals surface area contributed by atoms with Crippen LogP contribution in [0.2, 0.25) is 0 Å². The summed E-state index contributed by atoms with van der Waals surface area (Å²) >= 11 is 1.36. The molecule has 0 fully saturated rings. The number of aromatic nitrogens is 2. The largest absolute Gasteiger partial charge is 0.493 e. The molecule has 1 aromatic carbocycles. The first-order chi connectivity index (χ1) is 14.8. The second-order valence-electron chi connectivity index (χ2n) is 6.88. The molecule has 0 aliphatic carbocycles. The fraction of sp³-hybridized carbons (Fsp3) is 0.300. The maximum Gasteiger partial charge on any atom is 0.410 e. The molecule has 0 bridgehead atoms. The molecule has 0 radical (unpaired) electrons. The van der Waals surface area contributed by atoms with Crippen LogP contribution in [0.3, 0.4) is 0 Å². The van der Waals surface area contributed by atoms with Gasteiger partial charge >= 0.3 is 6.18 Å². The van der Waals surface area contributed by atoms with Crippen molar-refractivity contribution in [2.24, 2.45) is 0 Å². The van der Waals surface area contributed by atoms with E-state index in [-0.39, 0.29) is 17.8 Å². The number of rotatable bonds is 5. The molecule has 2 aromatic heterocycles. The van der Waals surface area contributed by atoms with Gasteiger partial charge in [0.15, 0.2) is 17.5 Å². The zero-order valence-electron chi connectivity index (χ0n) is 16.6. The van der Waals surface area contributed by atoms with Gasteiger partial charge in [0.2, 0.25) is 0 Å². The molecule has 0 spiro atoms. The van der Waals surface area contributed by atoms with E-state index >= 15 is 0 Å². The van der Waals surface area contributed by atoms with Crippen LogP contribution in [-0.2, 0) is 0 Å². The highest BCUT2D eigenvalue weighted by atomic mass is 32.1. The molecule has 164 valence electrons. The van der Waals surface area contributed by atoms with Gasteiger partial charge in [-0.1, -0.05) is 6.07 Å². The van der Waals surface area contributed by atoms with Crippen molar-refractivity contribution in [2.75, 3.05) is 24.9 Å². The number of benzene rings is 1. The Hall–Kier alpha value is -3.21. The number of anilines is 2. The van der Waals surface area contributed by atoms with Crippen LogP contribution in [0.5, 0.6) is 11.5 Å². The van der Waals surface area contributed by atoms with Crippen LogP contribution in [0.4, 0.5) is 24.7 Å². The van der Waals surface area contributed by atoms with Crippen LogP contribution < -0.4 is 20.1 Å². The van der Waals surface area contributed by atoms with E-state index in [4.69, 9.17) is 9.47 Å². The summed E-state index contributed by atoms with van der Waals surface area (Å²) in [7, 11) is 2.95. The van der Waals surface area contributed by atoms with Crippen LogP contribution in [0.25, 0.3) is 0 Å². The summed E-state index contributed by atoms with van der Waals surface area (Å²) in [5.41, 5.74) is 0.422. The number of nitrogens with zero attached hydrogens (tertiary/aromatic N) is 2. The second kappa shape index (κ2) is 8.14. The predicted octanol–water partition coefficient (Wildman–Crippen LogP) is 4.87. The van der Waals surface area contributed by atoms with Crippen molar-refractivity contribution in [2.45, 2.75) is 24.7 Å². The smallest absolute Gasteiger partial charge is 0.410 e. The number of hydrogen-bond donors (Lipinski definition) is 2. The Morgan fingerprint density at radius 3 is 2.68 bits per heavy atom. The Labute approximate surface area is 179 Å². The van der Waals surface area contributed by atoms with E-state index in [0.717, 1.165) is 15.8 Å². The monoisotopic (exact) mass is 452 g/mol. The minimum atomic E-state index is -4.50. The molecule has 0 saturated heterocycles. The van der Waals surface area contributed by atoms with Gasteiger partial charge in [0.05, 0.1) is 26.5 Å². The zero-order valence-corrected chi connectivity index (χ0v) is 17.4. The summed E-state index contributed by atoms with van der Waals surface area (Å²) in [6.07, 6.45) is -3.57. The molecular formula is C20H19F3N4O3S. The Morgan fingerprint density at radius 2 is 2.03 bits per heavy atom. The SMILES string of the molecule is COc1ccc(NC(=O)c2cnn3c2N[C@@H](c2cccs2)C[C@H]3C(F)(F)F)cc1OC. The molecule has 1 amide bonds. The first-order valence-electron chi connectivity index (χ1n) is 9.29. The lowest BCUT2D eigenvalue weighted by Gasteiger charge is -2.33. The lowest BCUT2D eigenvalue weighted by atomic mass is 10.0. The minimum absolute atomic E-state index is 0.0188. The van der Waals surface area contributed by atoms with Gasteiger partial charge in [-0.3, -0.25) is 4.79 Å². The molecule has 31 heavy (non-hydrogen) atoms. The van der Waals surface area contributed by atoms with Gasteiger partial charge in [-0.2, -0.15) is 18.3 Å². The summed E-state index contributed by atoms with van der Waals surface area (Å²) in [6.45, 7) is 0. The summed E-state index contributed by atoms with van der Waals surface area (Å²) in [5, 5.41) is 11.4. The predicted molar refractivity (Wildman–Crippen MR) is 110 cm³/mol. The van der Waals surface area contributed by atoms with Crippen molar-refractivity contribution in [3.8, 4) is 11.5 Å². The summed E-state index contributed by atoms with van der Waals surface area (Å²) in [5.74, 6) is 0.334. The maximum atomic E-state index is 13.7. The molecule has 1 aliphatic heterocycles. The highest BCUT2D eigenvalue weighted by Crippen LogP contribution is 2.45. The topological polar surface area (TPSA) is 77.4 Å². The molecule has 7 nitrogen and oxygen atoms in total. The van der Waals surface area contributed by atoms with E-state index < -0.39 is 24.2 Å². The summed E-state index contributed by atoms with van der Waals surface area (Å²) in [4.78, 5) is 13.7. The normalized spacial score (nSPS) is 18.1. The first-order valence-corrected chi connectivity index (χ1v) is 10.2. The zero-order chi connectivity index (χ0) is 22.2. The number of carbonyl (C=O) groups excluding carboxylic acids is 1. The first kappa shape index (κ1) is 21.0. The van der Waals surface area contributed by atoms with Crippen molar-refractivity contribution in [3.05, 3.63) is 52.3 Å². The highest BCUT2D eigenvalue weighted by Gasteiger charge is 2.47. The van der Waals surface area contributed by atoms with Gasteiger partial charge in [-0.05, 0) is 23.6 Å². The van der Waals surface area contributed by atoms with Gasteiger partial charge in [0.25, 0.3) is 5.91 Å². The van der Waals surface area contributed by atoms with Crippen molar-refractivity contribution >= 4 is 28.7 Å². The van der Waals surface area contributed by atoms with Crippen molar-refractivity contribution < 1.29 is 27.4 Å². The number of nitrogens with one attached hydrogen (secondary N) is 2. The van der Waals surface area contributed by atoms with E-state index in [0.29, 0.717) is 17.2 Å². The highest BCUT2D eigenvalue weighted by molar-refractivity contribution is 7.10. The van der Waals surface area contributed by atoms with E-state index in [9.17, 15) is 18.0 Å². The van der Waals surface area contributed by atoms with Crippen LogP contribution in [-0.4, -0.2) is 36.1 Å². The van der Waals surface area contributed by atoms with E-state index in [1.165, 1.54) is 25.6 Å². The lowest BCUT2D eigenvalue weighted by molar-refractivity contribution is -0.173. The number of thiophene rings is 1. The van der Waals surface area contributed by atoms with Crippen LogP contribution in [0.1, 0.15) is 33.7 Å². The van der Waals surface area contributed by atoms with Crippen LogP contribution >= 0.6 is 11.3 Å². The molecule has 2 N–H and O–H groups in total. The number of fused-ring (bicyclic) bond motifs is 1. The summed E-state index contributed by atoms with van der Waals surface area (Å²) < 4.78 is 52.4. The molecule has 3 aromatic rings. The van der Waals surface area contributed by atoms with Gasteiger partial charge < -0.3 is 20.1 Å². The van der Waals surface area contributed by atoms with E-state index in [2.05, 4.69) is 15.7 Å². The minimum Gasteiger partial charge on any atom is -0.493 e. The van der Waals surface area contributed by atoms with Crippen molar-refractivity contribution in [3.63, 3.8) is 0 Å². The number of methoxy groups -OCH3 is 2. The van der Waals surface area contributed by atoms with Gasteiger partial charge in [0, 0.05) is 23.1 Å². The van der Waals surface area contributed by atoms with Crippen LogP contribution in [0, 0.1) is 0 Å². The molecule has 4 rings (SSSR count). The Morgan fingerprint density at radius 1 is 1.26 bits per heavy atom. The fourth-order valence-electron chi connectivity index (χ4n) is 3.52. The molecule has 0 saturated carbocycles. The fourth-order valence-corrected chi connectivity index (χ4v) is 4.31. The van der Waals surface area contributed by atoms with Crippen LogP contribution in [0.15, 0.2) is 41.9 Å². The van der Waals surface area contributed by atoms with Gasteiger partial charge in [-0.15, -0.1) is 11.3 Å². The van der Waals surface area contributed by atoms with E-state index in [1.54, 1.807) is 35.7 Å². The second-order valence-corrected chi connectivity index (χ2v) is 7.86. The quantitative estimate of drug-likeness (QED) is 0.577. The number of halogens is 3. The Kier molecular flexibility index (Phi) is 5.52. The third-order valence-electron chi connectivity index (χ3n) is 5.01. The number of hydrogen-bond acceptors (Lipinski definition) is 6. The standard InChI is InChI=1S/C20H19F3N4O3S/c1-29-14-6-5-11(8-15(14)30-2)25-19(28)12-10-24-27-17(20(21,22)23)9-13(26-18(12)27)16-4-3-7-31-16/h3-8,10,13,17,26H,9H2,1-2H3,(H,25,28)/t13-,17+/m1/s1. The molecule has 11 heteroatoms. The molecule has 0 unspecified atom stereocenters. The number of ether oxygens (including phenoxy) is 2. The maximum absolute atomic E-state index is 13.7. The van der Waals surface area contributed by atoms with Gasteiger partial charge in [-0.25, -0.2) is 4.68 Å². The molecule has 3 heterocycles. The molecule has 2 atom stereocenters. The van der Waals surface area contributed by atoms with Crippen molar-refractivity contribution in [1.82, 2.24) is 9.78 Å². The molecule has 1 aliphatic rings. The number of amides is 1. The average Bonchev–Trinajstić information content (AvgIpc) is 3.42. The van der Waals surface area contributed by atoms with Gasteiger partial charge in [0.1, 0.15) is 11.4 Å². The molecular weight excluding hydrogens is 433 g/mol. The summed E-state index contributed by atoms with van der Waals surface area (Å²) in [6, 6.07) is 5.92. The third kappa shape index (κ3) is 4.05. The Balaban J connectivity index is 1.65.